The number of aromatic nitrogens is 2. The van der Waals surface area contributed by atoms with E-state index in [0.29, 0.717) is 16.0 Å². The van der Waals surface area contributed by atoms with E-state index >= 15 is 0 Å². The molecule has 0 amide bonds. The first kappa shape index (κ1) is 14.2. The molecule has 2 aromatic rings. The van der Waals surface area contributed by atoms with Crippen molar-refractivity contribution in [2.24, 2.45) is 0 Å². The van der Waals surface area contributed by atoms with Gasteiger partial charge in [-0.15, -0.1) is 4.37 Å². The molecule has 1 aromatic carbocycles. The molecular weight excluding hydrogens is 337 g/mol. The zero-order valence-corrected chi connectivity index (χ0v) is 12.1. The SMILES string of the molecule is OC(CNc1ccc(F)cc1Br)COc1cnsn1. The second kappa shape index (κ2) is 6.78. The lowest BCUT2D eigenvalue weighted by Gasteiger charge is -2.13. The highest BCUT2D eigenvalue weighted by molar-refractivity contribution is 9.10. The molecule has 1 aromatic heterocycles. The quantitative estimate of drug-likeness (QED) is 0.839. The van der Waals surface area contributed by atoms with E-state index < -0.39 is 6.10 Å². The van der Waals surface area contributed by atoms with E-state index in [0.717, 1.165) is 11.7 Å². The molecule has 0 aliphatic carbocycles. The fourth-order valence-corrected chi connectivity index (χ4v) is 2.18. The Kier molecular flexibility index (Phi) is 5.06. The van der Waals surface area contributed by atoms with E-state index in [1.807, 2.05) is 0 Å². The molecule has 8 heteroatoms. The maximum absolute atomic E-state index is 12.9. The molecule has 0 saturated carbocycles. The van der Waals surface area contributed by atoms with Crippen LogP contribution in [0.3, 0.4) is 0 Å². The summed E-state index contributed by atoms with van der Waals surface area (Å²) < 4.78 is 26.3. The lowest BCUT2D eigenvalue weighted by Crippen LogP contribution is -2.26. The van der Waals surface area contributed by atoms with Gasteiger partial charge in [0.05, 0.1) is 11.7 Å². The highest BCUT2D eigenvalue weighted by Gasteiger charge is 2.08. The largest absolute Gasteiger partial charge is 0.473 e. The Bertz CT molecular complexity index is 527. The third-order valence-electron chi connectivity index (χ3n) is 2.22. The van der Waals surface area contributed by atoms with Crippen LogP contribution in [0.5, 0.6) is 5.88 Å². The molecule has 1 unspecified atom stereocenters. The van der Waals surface area contributed by atoms with Crippen molar-refractivity contribution in [1.29, 1.82) is 0 Å². The van der Waals surface area contributed by atoms with Crippen molar-refractivity contribution in [2.75, 3.05) is 18.5 Å². The van der Waals surface area contributed by atoms with Gasteiger partial charge in [0.25, 0.3) is 0 Å². The van der Waals surface area contributed by atoms with Crippen molar-refractivity contribution < 1.29 is 14.2 Å². The van der Waals surface area contributed by atoms with Crippen LogP contribution in [-0.2, 0) is 0 Å². The number of benzene rings is 1. The summed E-state index contributed by atoms with van der Waals surface area (Å²) in [6.45, 7) is 0.388. The zero-order chi connectivity index (χ0) is 13.7. The third-order valence-corrected chi connectivity index (χ3v) is 3.34. The Labute approximate surface area is 121 Å². The summed E-state index contributed by atoms with van der Waals surface area (Å²) in [5.41, 5.74) is 0.704. The van der Waals surface area contributed by atoms with Crippen LogP contribution >= 0.6 is 27.7 Å². The average Bonchev–Trinajstić information content (AvgIpc) is 2.88. The van der Waals surface area contributed by atoms with Crippen molar-refractivity contribution >= 4 is 33.3 Å². The number of aliphatic hydroxyl groups excluding tert-OH is 1. The maximum atomic E-state index is 12.9. The summed E-state index contributed by atoms with van der Waals surface area (Å²) in [5.74, 6) is 0.0735. The molecule has 2 N–H and O–H groups in total. The Morgan fingerprint density at radius 1 is 1.53 bits per heavy atom. The van der Waals surface area contributed by atoms with Gasteiger partial charge in [-0.2, -0.15) is 4.37 Å². The van der Waals surface area contributed by atoms with E-state index in [9.17, 15) is 9.50 Å². The van der Waals surface area contributed by atoms with E-state index in [-0.39, 0.29) is 19.0 Å². The summed E-state index contributed by atoms with van der Waals surface area (Å²) >= 11 is 4.28. The fourth-order valence-electron chi connectivity index (χ4n) is 1.32. The molecule has 0 bridgehead atoms. The molecule has 0 spiro atoms. The predicted octanol–water partition coefficient (Wildman–Crippen LogP) is 2.29. The number of anilines is 1. The molecule has 0 aliphatic rings. The van der Waals surface area contributed by atoms with Gasteiger partial charge in [0, 0.05) is 16.7 Å². The molecule has 0 radical (unpaired) electrons. The van der Waals surface area contributed by atoms with E-state index in [2.05, 4.69) is 30.0 Å². The second-order valence-corrected chi connectivity index (χ2v) is 5.13. The van der Waals surface area contributed by atoms with Crippen LogP contribution in [0.15, 0.2) is 28.9 Å². The number of hydrogen-bond donors (Lipinski definition) is 2. The summed E-state index contributed by atoms with van der Waals surface area (Å²) in [6, 6.07) is 4.29. The summed E-state index contributed by atoms with van der Waals surface area (Å²) in [5, 5.41) is 12.7. The number of nitrogens with one attached hydrogen (secondary N) is 1. The standard InChI is InChI=1S/C11H11BrFN3O2S/c12-9-3-7(13)1-2-10(9)14-4-8(17)6-18-11-5-15-19-16-11/h1-3,5,8,14,17H,4,6H2. The number of aliphatic hydroxyl groups is 1. The summed E-state index contributed by atoms with van der Waals surface area (Å²) in [6.07, 6.45) is 0.778. The number of rotatable bonds is 6. The first-order valence-corrected chi connectivity index (χ1v) is 6.95. The van der Waals surface area contributed by atoms with Crippen molar-refractivity contribution in [3.8, 4) is 5.88 Å². The van der Waals surface area contributed by atoms with Gasteiger partial charge in [-0.1, -0.05) is 0 Å². The highest BCUT2D eigenvalue weighted by Crippen LogP contribution is 2.22. The zero-order valence-electron chi connectivity index (χ0n) is 9.72. The van der Waals surface area contributed by atoms with Gasteiger partial charge >= 0.3 is 0 Å². The van der Waals surface area contributed by atoms with Gasteiger partial charge in [0.2, 0.25) is 5.88 Å². The smallest absolute Gasteiger partial charge is 0.245 e. The minimum atomic E-state index is -0.710. The first-order valence-electron chi connectivity index (χ1n) is 5.42. The van der Waals surface area contributed by atoms with E-state index in [4.69, 9.17) is 4.74 Å². The van der Waals surface area contributed by atoms with Crippen LogP contribution in [0.25, 0.3) is 0 Å². The number of nitrogens with zero attached hydrogens (tertiary/aromatic N) is 2. The fraction of sp³-hybridized carbons (Fsp3) is 0.273. The second-order valence-electron chi connectivity index (χ2n) is 3.72. The molecule has 0 saturated heterocycles. The molecule has 102 valence electrons. The van der Waals surface area contributed by atoms with Gasteiger partial charge in [-0.3, -0.25) is 0 Å². The number of ether oxygens (including phenoxy) is 1. The van der Waals surface area contributed by atoms with Gasteiger partial charge in [0.15, 0.2) is 0 Å². The molecule has 0 fully saturated rings. The van der Waals surface area contributed by atoms with Gasteiger partial charge in [0.1, 0.15) is 24.7 Å². The summed E-state index contributed by atoms with van der Waals surface area (Å²) in [7, 11) is 0. The van der Waals surface area contributed by atoms with E-state index in [1.165, 1.54) is 18.3 Å². The first-order chi connectivity index (χ1) is 9.15. The Morgan fingerprint density at radius 2 is 2.37 bits per heavy atom. The monoisotopic (exact) mass is 347 g/mol. The molecule has 19 heavy (non-hydrogen) atoms. The Morgan fingerprint density at radius 3 is 3.05 bits per heavy atom. The van der Waals surface area contributed by atoms with Crippen LogP contribution in [0, 0.1) is 5.82 Å². The van der Waals surface area contributed by atoms with Crippen molar-refractivity contribution in [3.05, 3.63) is 34.7 Å². The maximum Gasteiger partial charge on any atom is 0.245 e. The predicted molar refractivity (Wildman–Crippen MR) is 74.0 cm³/mol. The van der Waals surface area contributed by atoms with Crippen LogP contribution in [0.1, 0.15) is 0 Å². The minimum Gasteiger partial charge on any atom is -0.473 e. The van der Waals surface area contributed by atoms with Crippen LogP contribution in [-0.4, -0.2) is 33.1 Å². The van der Waals surface area contributed by atoms with Crippen LogP contribution in [0.4, 0.5) is 10.1 Å². The van der Waals surface area contributed by atoms with Crippen molar-refractivity contribution in [1.82, 2.24) is 8.75 Å². The van der Waals surface area contributed by atoms with Crippen LogP contribution in [0.2, 0.25) is 0 Å². The van der Waals surface area contributed by atoms with Crippen LogP contribution < -0.4 is 10.1 Å². The van der Waals surface area contributed by atoms with Gasteiger partial charge in [-0.05, 0) is 34.1 Å². The van der Waals surface area contributed by atoms with E-state index in [1.54, 1.807) is 6.07 Å². The van der Waals surface area contributed by atoms with Crippen molar-refractivity contribution in [2.45, 2.75) is 6.10 Å². The number of halogens is 2. The molecule has 1 heterocycles. The number of hydrogen-bond acceptors (Lipinski definition) is 6. The molecular formula is C11H11BrFN3O2S. The molecule has 0 aliphatic heterocycles. The Balaban J connectivity index is 1.78. The van der Waals surface area contributed by atoms with Crippen molar-refractivity contribution in [3.63, 3.8) is 0 Å². The average molecular weight is 348 g/mol. The molecule has 2 rings (SSSR count). The normalized spacial score (nSPS) is 12.2. The molecule has 1 atom stereocenters. The topological polar surface area (TPSA) is 67.3 Å². The minimum absolute atomic E-state index is 0.108. The van der Waals surface area contributed by atoms with Gasteiger partial charge < -0.3 is 15.2 Å². The highest BCUT2D eigenvalue weighted by atomic mass is 79.9. The molecule has 5 nitrogen and oxygen atoms in total. The Hall–Kier alpha value is -1.25. The lowest BCUT2D eigenvalue weighted by molar-refractivity contribution is 0.115. The third kappa shape index (κ3) is 4.41. The summed E-state index contributed by atoms with van der Waals surface area (Å²) in [4.78, 5) is 0. The van der Waals surface area contributed by atoms with Gasteiger partial charge in [-0.25, -0.2) is 4.39 Å². The lowest BCUT2D eigenvalue weighted by atomic mass is 10.3.